The molecule has 0 aliphatic carbocycles. The number of sulfonamides is 1. The molecule has 1 heterocycles. The van der Waals surface area contributed by atoms with Crippen molar-refractivity contribution in [3.8, 4) is 12.3 Å². The van der Waals surface area contributed by atoms with Crippen LogP contribution < -0.4 is 4.72 Å². The largest absolute Gasteiger partial charge is 0.480 e. The Balaban J connectivity index is 3.01. The fourth-order valence-electron chi connectivity index (χ4n) is 1.11. The molecular formula is C10H10ClNO4S2. The van der Waals surface area contributed by atoms with Crippen molar-refractivity contribution in [3.63, 3.8) is 0 Å². The summed E-state index contributed by atoms with van der Waals surface area (Å²) < 4.78 is 26.1. The average molecular weight is 308 g/mol. The van der Waals surface area contributed by atoms with Crippen molar-refractivity contribution in [3.05, 3.63) is 16.0 Å². The van der Waals surface area contributed by atoms with Crippen molar-refractivity contribution >= 4 is 38.9 Å². The van der Waals surface area contributed by atoms with Crippen LogP contribution in [0.3, 0.4) is 0 Å². The van der Waals surface area contributed by atoms with E-state index in [4.69, 9.17) is 23.1 Å². The highest BCUT2D eigenvalue weighted by Gasteiger charge is 2.26. The van der Waals surface area contributed by atoms with Crippen molar-refractivity contribution in [2.45, 2.75) is 23.6 Å². The van der Waals surface area contributed by atoms with Gasteiger partial charge in [-0.05, 0) is 18.6 Å². The number of terminal acetylenes is 1. The topological polar surface area (TPSA) is 83.5 Å². The fourth-order valence-corrected chi connectivity index (χ4v) is 4.02. The molecule has 1 rings (SSSR count). The molecule has 1 aromatic rings. The Labute approximate surface area is 114 Å². The van der Waals surface area contributed by atoms with Gasteiger partial charge in [-0.25, -0.2) is 8.42 Å². The summed E-state index contributed by atoms with van der Waals surface area (Å²) >= 11 is 6.64. The number of rotatable bonds is 5. The molecule has 0 saturated heterocycles. The van der Waals surface area contributed by atoms with E-state index in [9.17, 15) is 13.2 Å². The van der Waals surface area contributed by atoms with Gasteiger partial charge in [-0.2, -0.15) is 4.72 Å². The number of hydrogen-bond donors (Lipinski definition) is 2. The predicted molar refractivity (Wildman–Crippen MR) is 69.3 cm³/mol. The van der Waals surface area contributed by atoms with Gasteiger partial charge in [0, 0.05) is 6.42 Å². The maximum Gasteiger partial charge on any atom is 0.322 e. The Morgan fingerprint density at radius 1 is 1.72 bits per heavy atom. The number of carboxylic acids is 1. The summed E-state index contributed by atoms with van der Waals surface area (Å²) in [6.07, 6.45) is 4.76. The summed E-state index contributed by atoms with van der Waals surface area (Å²) in [5.41, 5.74) is 0.617. The van der Waals surface area contributed by atoms with E-state index in [-0.39, 0.29) is 10.6 Å². The highest BCUT2D eigenvalue weighted by molar-refractivity contribution is 7.91. The molecule has 0 aromatic carbocycles. The average Bonchev–Trinajstić information content (AvgIpc) is 2.59. The van der Waals surface area contributed by atoms with Crippen molar-refractivity contribution in [2.24, 2.45) is 0 Å². The zero-order valence-electron chi connectivity index (χ0n) is 9.31. The number of carbonyl (C=O) groups is 1. The maximum absolute atomic E-state index is 11.9. The third kappa shape index (κ3) is 3.46. The fraction of sp³-hybridized carbons (Fsp3) is 0.300. The van der Waals surface area contributed by atoms with Crippen molar-refractivity contribution < 1.29 is 18.3 Å². The van der Waals surface area contributed by atoms with E-state index in [1.807, 2.05) is 4.72 Å². The molecule has 1 unspecified atom stereocenters. The van der Waals surface area contributed by atoms with Gasteiger partial charge in [-0.15, -0.1) is 23.7 Å². The number of carboxylic acid groups (broad SMARTS) is 1. The van der Waals surface area contributed by atoms with Gasteiger partial charge in [0.1, 0.15) is 10.3 Å². The lowest BCUT2D eigenvalue weighted by atomic mass is 10.2. The van der Waals surface area contributed by atoms with Crippen LogP contribution in [0.25, 0.3) is 0 Å². The summed E-state index contributed by atoms with van der Waals surface area (Å²) in [6.45, 7) is 1.66. The number of hydrogen-bond acceptors (Lipinski definition) is 4. The molecule has 0 saturated carbocycles. The number of thiophene rings is 1. The standard InChI is InChI=1S/C10H10ClNO4S2/c1-3-4-7(10(13)14)12-18(15,16)8-5-6(2)9(11)17-8/h1,5,7,12H,4H2,2H3,(H,13,14). The van der Waals surface area contributed by atoms with Gasteiger partial charge >= 0.3 is 5.97 Å². The molecule has 0 amide bonds. The Kier molecular flexibility index (Phi) is 4.76. The molecule has 18 heavy (non-hydrogen) atoms. The first-order chi connectivity index (χ1) is 8.27. The van der Waals surface area contributed by atoms with Gasteiger partial charge in [-0.1, -0.05) is 11.6 Å². The molecule has 98 valence electrons. The maximum atomic E-state index is 11.9. The molecule has 0 aliphatic rings. The van der Waals surface area contributed by atoms with E-state index in [2.05, 4.69) is 5.92 Å². The zero-order chi connectivity index (χ0) is 13.9. The lowest BCUT2D eigenvalue weighted by Crippen LogP contribution is -2.40. The lowest BCUT2D eigenvalue weighted by molar-refractivity contribution is -0.138. The first-order valence-electron chi connectivity index (χ1n) is 4.72. The van der Waals surface area contributed by atoms with Gasteiger partial charge in [-0.3, -0.25) is 4.79 Å². The van der Waals surface area contributed by atoms with Crippen molar-refractivity contribution in [1.29, 1.82) is 0 Å². The first kappa shape index (κ1) is 15.0. The molecule has 1 atom stereocenters. The minimum atomic E-state index is -3.92. The third-order valence-electron chi connectivity index (χ3n) is 2.02. The van der Waals surface area contributed by atoms with E-state index >= 15 is 0 Å². The van der Waals surface area contributed by atoms with Crippen molar-refractivity contribution in [2.75, 3.05) is 0 Å². The van der Waals surface area contributed by atoms with Crippen molar-refractivity contribution in [1.82, 2.24) is 4.72 Å². The van der Waals surface area contributed by atoms with Crippen LogP contribution in [0.4, 0.5) is 0 Å². The normalized spacial score (nSPS) is 12.9. The van der Waals surface area contributed by atoms with Gasteiger partial charge in [0.15, 0.2) is 0 Å². The first-order valence-corrected chi connectivity index (χ1v) is 7.40. The third-order valence-corrected chi connectivity index (χ3v) is 5.52. The monoisotopic (exact) mass is 307 g/mol. The Bertz CT molecular complexity index is 580. The van der Waals surface area contributed by atoms with Crippen LogP contribution >= 0.6 is 22.9 Å². The van der Waals surface area contributed by atoms with Crippen LogP contribution in [-0.4, -0.2) is 25.5 Å². The predicted octanol–water partition coefficient (Wildman–Crippen LogP) is 1.46. The minimum absolute atomic E-state index is 0.0340. The van der Waals surface area contributed by atoms with Gasteiger partial charge < -0.3 is 5.11 Å². The Morgan fingerprint density at radius 2 is 2.33 bits per heavy atom. The molecule has 0 radical (unpaired) electrons. The minimum Gasteiger partial charge on any atom is -0.480 e. The van der Waals surface area contributed by atoms with E-state index in [1.54, 1.807) is 6.92 Å². The van der Waals surface area contributed by atoms with Crippen LogP contribution in [0.15, 0.2) is 10.3 Å². The van der Waals surface area contributed by atoms with Crippen LogP contribution in [0, 0.1) is 19.3 Å². The number of aliphatic carboxylic acids is 1. The van der Waals surface area contributed by atoms with Crippen LogP contribution in [0.1, 0.15) is 12.0 Å². The smallest absolute Gasteiger partial charge is 0.322 e. The number of aryl methyl sites for hydroxylation is 1. The molecule has 0 bridgehead atoms. The van der Waals surface area contributed by atoms with Crippen LogP contribution in [0.2, 0.25) is 4.34 Å². The molecule has 0 fully saturated rings. The second-order valence-electron chi connectivity index (χ2n) is 3.44. The van der Waals surface area contributed by atoms with E-state index in [1.165, 1.54) is 6.07 Å². The molecule has 2 N–H and O–H groups in total. The Morgan fingerprint density at radius 3 is 2.72 bits per heavy atom. The van der Waals surface area contributed by atoms with Gasteiger partial charge in [0.25, 0.3) is 10.0 Å². The number of halogens is 1. The molecule has 1 aromatic heterocycles. The van der Waals surface area contributed by atoms with Gasteiger partial charge in [0.2, 0.25) is 0 Å². The van der Waals surface area contributed by atoms with Gasteiger partial charge in [0.05, 0.1) is 4.34 Å². The molecule has 0 aliphatic heterocycles. The quantitative estimate of drug-likeness (QED) is 0.807. The lowest BCUT2D eigenvalue weighted by Gasteiger charge is -2.10. The summed E-state index contributed by atoms with van der Waals surface area (Å²) in [5, 5.41) is 8.83. The highest BCUT2D eigenvalue weighted by atomic mass is 35.5. The second kappa shape index (κ2) is 5.71. The summed E-state index contributed by atoms with van der Waals surface area (Å²) in [4.78, 5) is 10.8. The molecule has 8 heteroatoms. The summed E-state index contributed by atoms with van der Waals surface area (Å²) in [7, 11) is -3.92. The zero-order valence-corrected chi connectivity index (χ0v) is 11.7. The van der Waals surface area contributed by atoms with E-state index in [0.717, 1.165) is 11.3 Å². The summed E-state index contributed by atoms with van der Waals surface area (Å²) in [5.74, 6) is 0.786. The second-order valence-corrected chi connectivity index (χ2v) is 7.04. The summed E-state index contributed by atoms with van der Waals surface area (Å²) in [6, 6.07) is 0.0330. The highest BCUT2D eigenvalue weighted by Crippen LogP contribution is 2.30. The SMILES string of the molecule is C#CCC(NS(=O)(=O)c1cc(C)c(Cl)s1)C(=O)O. The van der Waals surface area contributed by atoms with Crippen LogP contribution in [-0.2, 0) is 14.8 Å². The van der Waals surface area contributed by atoms with E-state index in [0.29, 0.717) is 9.90 Å². The molecule has 5 nitrogen and oxygen atoms in total. The van der Waals surface area contributed by atoms with Crippen LogP contribution in [0.5, 0.6) is 0 Å². The number of nitrogens with one attached hydrogen (secondary N) is 1. The molecule has 0 spiro atoms. The van der Waals surface area contributed by atoms with E-state index < -0.39 is 22.0 Å². The molecular weight excluding hydrogens is 298 g/mol. The Hall–Kier alpha value is -1.07.